The molecule has 0 aliphatic carbocycles. The first-order chi connectivity index (χ1) is 12.5. The number of methoxy groups -OCH3 is 3. The molecule has 8 nitrogen and oxygen atoms in total. The number of rotatable bonds is 5. The second kappa shape index (κ2) is 7.74. The van der Waals surface area contributed by atoms with Gasteiger partial charge in [0.1, 0.15) is 5.82 Å². The molecule has 1 aliphatic rings. The average Bonchev–Trinajstić information content (AvgIpc) is 2.67. The molecule has 1 N–H and O–H groups in total. The summed E-state index contributed by atoms with van der Waals surface area (Å²) in [6.45, 7) is 2.04. The van der Waals surface area contributed by atoms with Crippen molar-refractivity contribution in [1.29, 1.82) is 0 Å². The number of esters is 1. The number of benzene rings is 1. The smallest absolute Gasteiger partial charge is 0.308 e. The molecule has 1 fully saturated rings. The van der Waals surface area contributed by atoms with Crippen LogP contribution in [0.5, 0.6) is 11.5 Å². The van der Waals surface area contributed by atoms with Gasteiger partial charge in [-0.2, -0.15) is 0 Å². The number of likely N-dealkylation sites (tertiary alicyclic amines) is 1. The largest absolute Gasteiger partial charge is 0.493 e. The Morgan fingerprint density at radius 2 is 1.85 bits per heavy atom. The number of ether oxygens (including phenoxy) is 3. The van der Waals surface area contributed by atoms with Crippen molar-refractivity contribution in [3.05, 3.63) is 28.3 Å². The summed E-state index contributed by atoms with van der Waals surface area (Å²) in [5.74, 6) is 1.42. The number of hydrogen-bond acceptors (Lipinski definition) is 7. The molecule has 1 saturated heterocycles. The van der Waals surface area contributed by atoms with Gasteiger partial charge in [0.25, 0.3) is 5.56 Å². The van der Waals surface area contributed by atoms with Gasteiger partial charge in [0, 0.05) is 6.07 Å². The molecular weight excluding hydrogens is 338 g/mol. The van der Waals surface area contributed by atoms with Crippen LogP contribution in [-0.2, 0) is 16.1 Å². The third-order valence-corrected chi connectivity index (χ3v) is 4.76. The van der Waals surface area contributed by atoms with Gasteiger partial charge in [0.15, 0.2) is 11.5 Å². The van der Waals surface area contributed by atoms with Crippen molar-refractivity contribution in [3.8, 4) is 11.5 Å². The number of piperidine rings is 1. The zero-order valence-electron chi connectivity index (χ0n) is 15.2. The van der Waals surface area contributed by atoms with Gasteiger partial charge in [-0.15, -0.1) is 0 Å². The molecule has 2 heterocycles. The third-order valence-electron chi connectivity index (χ3n) is 4.76. The van der Waals surface area contributed by atoms with E-state index in [9.17, 15) is 9.59 Å². The Morgan fingerprint density at radius 1 is 1.19 bits per heavy atom. The number of aromatic nitrogens is 2. The summed E-state index contributed by atoms with van der Waals surface area (Å²) in [4.78, 5) is 33.6. The van der Waals surface area contributed by atoms with Crippen molar-refractivity contribution in [2.24, 2.45) is 5.92 Å². The van der Waals surface area contributed by atoms with Gasteiger partial charge < -0.3 is 19.2 Å². The van der Waals surface area contributed by atoms with Crippen LogP contribution < -0.4 is 15.0 Å². The molecule has 0 unspecified atom stereocenters. The monoisotopic (exact) mass is 361 g/mol. The first-order valence-corrected chi connectivity index (χ1v) is 8.50. The predicted octanol–water partition coefficient (Wildman–Crippen LogP) is 1.33. The lowest BCUT2D eigenvalue weighted by atomic mass is 9.97. The number of nitrogens with one attached hydrogen (secondary N) is 1. The fraction of sp³-hybridized carbons (Fsp3) is 0.500. The van der Waals surface area contributed by atoms with Crippen LogP contribution in [0.3, 0.4) is 0 Å². The molecule has 2 aromatic rings. The van der Waals surface area contributed by atoms with Crippen molar-refractivity contribution in [1.82, 2.24) is 14.9 Å². The Kier molecular flexibility index (Phi) is 5.41. The maximum absolute atomic E-state index is 12.4. The lowest BCUT2D eigenvalue weighted by Crippen LogP contribution is -2.37. The summed E-state index contributed by atoms with van der Waals surface area (Å²) in [7, 11) is 4.49. The Morgan fingerprint density at radius 3 is 2.46 bits per heavy atom. The van der Waals surface area contributed by atoms with E-state index in [0.717, 1.165) is 25.9 Å². The van der Waals surface area contributed by atoms with Crippen LogP contribution in [0.1, 0.15) is 18.7 Å². The number of carbonyl (C=O) groups excluding carboxylic acids is 1. The topological polar surface area (TPSA) is 93.8 Å². The maximum atomic E-state index is 12.4. The number of carbonyl (C=O) groups is 1. The summed E-state index contributed by atoms with van der Waals surface area (Å²) >= 11 is 0. The fourth-order valence-electron chi connectivity index (χ4n) is 3.29. The fourth-order valence-corrected chi connectivity index (χ4v) is 3.29. The summed E-state index contributed by atoms with van der Waals surface area (Å²) < 4.78 is 15.3. The molecule has 8 heteroatoms. The molecule has 0 amide bonds. The quantitative estimate of drug-likeness (QED) is 0.803. The van der Waals surface area contributed by atoms with Gasteiger partial charge in [-0.05, 0) is 32.0 Å². The Bertz CT molecular complexity index is 856. The molecule has 3 rings (SSSR count). The van der Waals surface area contributed by atoms with E-state index in [0.29, 0.717) is 34.8 Å². The molecule has 0 spiro atoms. The molecule has 0 atom stereocenters. The first-order valence-electron chi connectivity index (χ1n) is 8.50. The van der Waals surface area contributed by atoms with Gasteiger partial charge in [0.05, 0.1) is 44.7 Å². The molecule has 1 aromatic heterocycles. The normalized spacial score (nSPS) is 15.8. The van der Waals surface area contributed by atoms with Crippen LogP contribution in [0.2, 0.25) is 0 Å². The summed E-state index contributed by atoms with van der Waals surface area (Å²) in [6, 6.07) is 3.34. The predicted molar refractivity (Wildman–Crippen MR) is 95.5 cm³/mol. The lowest BCUT2D eigenvalue weighted by Gasteiger charge is -2.30. The highest BCUT2D eigenvalue weighted by molar-refractivity contribution is 5.81. The highest BCUT2D eigenvalue weighted by atomic mass is 16.5. The Balaban J connectivity index is 1.79. The van der Waals surface area contributed by atoms with E-state index >= 15 is 0 Å². The van der Waals surface area contributed by atoms with E-state index in [1.165, 1.54) is 14.2 Å². The minimum absolute atomic E-state index is 0.0448. The highest BCUT2D eigenvalue weighted by Crippen LogP contribution is 2.30. The van der Waals surface area contributed by atoms with Crippen molar-refractivity contribution in [3.63, 3.8) is 0 Å². The second-order valence-electron chi connectivity index (χ2n) is 6.31. The summed E-state index contributed by atoms with van der Waals surface area (Å²) in [5, 5.41) is 0.454. The van der Waals surface area contributed by atoms with Crippen LogP contribution in [0.15, 0.2) is 16.9 Å². The van der Waals surface area contributed by atoms with Crippen LogP contribution in [-0.4, -0.2) is 55.3 Å². The molecule has 140 valence electrons. The van der Waals surface area contributed by atoms with E-state index in [2.05, 4.69) is 14.9 Å². The van der Waals surface area contributed by atoms with Crippen molar-refractivity contribution < 1.29 is 19.0 Å². The minimum Gasteiger partial charge on any atom is -0.493 e. The highest BCUT2D eigenvalue weighted by Gasteiger charge is 2.26. The molecule has 1 aromatic carbocycles. The number of fused-ring (bicyclic) bond motifs is 1. The van der Waals surface area contributed by atoms with Gasteiger partial charge in [-0.1, -0.05) is 0 Å². The SMILES string of the molecule is COC(=O)C1CCN(Cc2nc3cc(OC)c(OC)cc3c(=O)[nH]2)CC1. The first kappa shape index (κ1) is 18.2. The average molecular weight is 361 g/mol. The minimum atomic E-state index is -0.213. The molecule has 26 heavy (non-hydrogen) atoms. The van der Waals surface area contributed by atoms with Crippen molar-refractivity contribution in [2.75, 3.05) is 34.4 Å². The zero-order valence-corrected chi connectivity index (χ0v) is 15.2. The number of hydrogen-bond donors (Lipinski definition) is 1. The number of aromatic amines is 1. The van der Waals surface area contributed by atoms with Crippen molar-refractivity contribution in [2.45, 2.75) is 19.4 Å². The Hall–Kier alpha value is -2.61. The molecule has 0 radical (unpaired) electrons. The maximum Gasteiger partial charge on any atom is 0.308 e. The van der Waals surface area contributed by atoms with Gasteiger partial charge >= 0.3 is 5.97 Å². The summed E-state index contributed by atoms with van der Waals surface area (Å²) in [6.07, 6.45) is 1.49. The van der Waals surface area contributed by atoms with Crippen LogP contribution in [0.4, 0.5) is 0 Å². The van der Waals surface area contributed by atoms with E-state index in [1.54, 1.807) is 19.2 Å². The van der Waals surface area contributed by atoms with E-state index < -0.39 is 0 Å². The van der Waals surface area contributed by atoms with E-state index in [1.807, 2.05) is 0 Å². The second-order valence-corrected chi connectivity index (χ2v) is 6.31. The molecular formula is C18H23N3O5. The van der Waals surface area contributed by atoms with Crippen molar-refractivity contribution >= 4 is 16.9 Å². The molecule has 0 saturated carbocycles. The van der Waals surface area contributed by atoms with Crippen LogP contribution in [0, 0.1) is 5.92 Å². The number of H-pyrrole nitrogens is 1. The number of nitrogens with zero attached hydrogens (tertiary/aromatic N) is 2. The van der Waals surface area contributed by atoms with Crippen LogP contribution in [0.25, 0.3) is 10.9 Å². The van der Waals surface area contributed by atoms with Gasteiger partial charge in [-0.25, -0.2) is 4.98 Å². The van der Waals surface area contributed by atoms with E-state index in [4.69, 9.17) is 14.2 Å². The van der Waals surface area contributed by atoms with E-state index in [-0.39, 0.29) is 17.4 Å². The van der Waals surface area contributed by atoms with Gasteiger partial charge in [-0.3, -0.25) is 14.5 Å². The van der Waals surface area contributed by atoms with Crippen LogP contribution >= 0.6 is 0 Å². The third kappa shape index (κ3) is 3.65. The summed E-state index contributed by atoms with van der Waals surface area (Å²) in [5.41, 5.74) is 0.348. The lowest BCUT2D eigenvalue weighted by molar-refractivity contribution is -0.147. The van der Waals surface area contributed by atoms with Gasteiger partial charge in [0.2, 0.25) is 0 Å². The standard InChI is InChI=1S/C18H23N3O5/c1-24-14-8-12-13(9-15(14)25-2)19-16(20-17(12)22)10-21-6-4-11(5-7-21)18(23)26-3/h8-9,11H,4-7,10H2,1-3H3,(H,19,20,22). The Labute approximate surface area is 151 Å². The molecule has 1 aliphatic heterocycles. The zero-order chi connectivity index (χ0) is 18.7. The molecule has 0 bridgehead atoms.